The number of nitrogens with one attached hydrogen (secondary N) is 1. The quantitative estimate of drug-likeness (QED) is 0.781. The minimum Gasteiger partial charge on any atom is -0.493 e. The van der Waals surface area contributed by atoms with Crippen LogP contribution in [0.1, 0.15) is 11.1 Å². The third-order valence-electron chi connectivity index (χ3n) is 3.71. The highest BCUT2D eigenvalue weighted by Gasteiger charge is 2.10. The van der Waals surface area contributed by atoms with Crippen LogP contribution >= 0.6 is 0 Å². The molecule has 0 atom stereocenters. The molecule has 0 unspecified atom stereocenters. The monoisotopic (exact) mass is 309 g/mol. The maximum absolute atomic E-state index is 5.38. The van der Waals surface area contributed by atoms with Crippen LogP contribution < -0.4 is 14.8 Å². The molecule has 118 valence electrons. The molecule has 3 rings (SSSR count). The molecule has 0 spiro atoms. The lowest BCUT2D eigenvalue weighted by Gasteiger charge is -2.12. The summed E-state index contributed by atoms with van der Waals surface area (Å²) >= 11 is 0. The second-order valence-corrected chi connectivity index (χ2v) is 5.33. The molecule has 0 saturated carbocycles. The standard InChI is InChI=1S/C18H19N3O2/c1-12-5-4-6-13(7-12)10-19-18-15-9-17(23-3)16(22-2)8-14(15)11-20-21-18/h4-9,11H,10H2,1-3H3,(H,19,21). The minimum atomic E-state index is 0.673. The highest BCUT2D eigenvalue weighted by atomic mass is 16.5. The molecule has 0 saturated heterocycles. The number of hydrogen-bond donors (Lipinski definition) is 1. The van der Waals surface area contributed by atoms with E-state index in [1.54, 1.807) is 20.4 Å². The minimum absolute atomic E-state index is 0.673. The van der Waals surface area contributed by atoms with E-state index in [4.69, 9.17) is 9.47 Å². The van der Waals surface area contributed by atoms with Gasteiger partial charge in [-0.2, -0.15) is 5.10 Å². The van der Waals surface area contributed by atoms with Gasteiger partial charge in [-0.15, -0.1) is 5.10 Å². The van der Waals surface area contributed by atoms with E-state index in [1.807, 2.05) is 12.1 Å². The van der Waals surface area contributed by atoms with Crippen molar-refractivity contribution in [3.8, 4) is 11.5 Å². The summed E-state index contributed by atoms with van der Waals surface area (Å²) in [6, 6.07) is 12.2. The summed E-state index contributed by atoms with van der Waals surface area (Å²) in [5.74, 6) is 2.08. The van der Waals surface area contributed by atoms with Gasteiger partial charge in [-0.05, 0) is 24.6 Å². The largest absolute Gasteiger partial charge is 0.493 e. The van der Waals surface area contributed by atoms with Crippen LogP contribution in [-0.2, 0) is 6.54 Å². The highest BCUT2D eigenvalue weighted by molar-refractivity contribution is 5.93. The van der Waals surface area contributed by atoms with E-state index < -0.39 is 0 Å². The van der Waals surface area contributed by atoms with E-state index >= 15 is 0 Å². The third-order valence-corrected chi connectivity index (χ3v) is 3.71. The van der Waals surface area contributed by atoms with Crippen molar-refractivity contribution in [1.29, 1.82) is 0 Å². The van der Waals surface area contributed by atoms with Crippen LogP contribution in [0.25, 0.3) is 10.8 Å². The Bertz CT molecular complexity index is 834. The van der Waals surface area contributed by atoms with Gasteiger partial charge in [-0.3, -0.25) is 0 Å². The van der Waals surface area contributed by atoms with Crippen molar-refractivity contribution in [2.45, 2.75) is 13.5 Å². The van der Waals surface area contributed by atoms with Crippen LogP contribution in [0.2, 0.25) is 0 Å². The summed E-state index contributed by atoms with van der Waals surface area (Å²) in [7, 11) is 3.24. The first-order chi connectivity index (χ1) is 11.2. The number of nitrogens with zero attached hydrogens (tertiary/aromatic N) is 2. The molecule has 1 N–H and O–H groups in total. The zero-order chi connectivity index (χ0) is 16.2. The number of benzene rings is 2. The first kappa shape index (κ1) is 15.1. The first-order valence-corrected chi connectivity index (χ1v) is 7.38. The molecule has 1 heterocycles. The summed E-state index contributed by atoms with van der Waals surface area (Å²) in [6.07, 6.45) is 1.72. The molecule has 0 bridgehead atoms. The van der Waals surface area contributed by atoms with Crippen LogP contribution in [0.5, 0.6) is 11.5 Å². The van der Waals surface area contributed by atoms with Gasteiger partial charge >= 0.3 is 0 Å². The van der Waals surface area contributed by atoms with Crippen molar-refractivity contribution in [2.75, 3.05) is 19.5 Å². The van der Waals surface area contributed by atoms with Crippen LogP contribution in [0.3, 0.4) is 0 Å². The van der Waals surface area contributed by atoms with E-state index in [2.05, 4.69) is 46.7 Å². The second kappa shape index (κ2) is 6.52. The van der Waals surface area contributed by atoms with Gasteiger partial charge in [0.05, 0.1) is 20.4 Å². The Kier molecular flexibility index (Phi) is 4.28. The van der Waals surface area contributed by atoms with Gasteiger partial charge in [0.2, 0.25) is 0 Å². The van der Waals surface area contributed by atoms with Crippen LogP contribution in [0.4, 0.5) is 5.82 Å². The molecular weight excluding hydrogens is 290 g/mol. The maximum atomic E-state index is 5.38. The average Bonchev–Trinajstić information content (AvgIpc) is 2.58. The van der Waals surface area contributed by atoms with E-state index in [9.17, 15) is 0 Å². The summed E-state index contributed by atoms with van der Waals surface area (Å²) in [5, 5.41) is 13.5. The molecule has 0 fully saturated rings. The molecule has 0 aliphatic rings. The molecule has 0 aliphatic carbocycles. The Labute approximate surface area is 135 Å². The predicted molar refractivity (Wildman–Crippen MR) is 91.1 cm³/mol. The number of aryl methyl sites for hydroxylation is 1. The second-order valence-electron chi connectivity index (χ2n) is 5.33. The zero-order valence-corrected chi connectivity index (χ0v) is 13.5. The van der Waals surface area contributed by atoms with Gasteiger partial charge in [-0.25, -0.2) is 0 Å². The van der Waals surface area contributed by atoms with E-state index in [0.717, 1.165) is 16.6 Å². The SMILES string of the molecule is COc1cc2cnnc(NCc3cccc(C)c3)c2cc1OC. The molecule has 23 heavy (non-hydrogen) atoms. The van der Waals surface area contributed by atoms with Crippen LogP contribution in [0, 0.1) is 6.92 Å². The summed E-state index contributed by atoms with van der Waals surface area (Å²) in [5.41, 5.74) is 2.43. The van der Waals surface area contributed by atoms with Gasteiger partial charge < -0.3 is 14.8 Å². The molecular formula is C18H19N3O2. The molecule has 5 heteroatoms. The van der Waals surface area contributed by atoms with Crippen LogP contribution in [-0.4, -0.2) is 24.4 Å². The van der Waals surface area contributed by atoms with Gasteiger partial charge in [0.15, 0.2) is 17.3 Å². The van der Waals surface area contributed by atoms with Crippen LogP contribution in [0.15, 0.2) is 42.6 Å². The van der Waals surface area contributed by atoms with Crippen molar-refractivity contribution < 1.29 is 9.47 Å². The van der Waals surface area contributed by atoms with Gasteiger partial charge in [0.1, 0.15) is 0 Å². The lowest BCUT2D eigenvalue weighted by Crippen LogP contribution is -2.03. The fourth-order valence-corrected chi connectivity index (χ4v) is 2.55. The molecule has 3 aromatic rings. The Morgan fingerprint density at radius 1 is 1.04 bits per heavy atom. The van der Waals surface area contributed by atoms with Crippen molar-refractivity contribution in [3.05, 3.63) is 53.7 Å². The molecule has 0 radical (unpaired) electrons. The maximum Gasteiger partial charge on any atom is 0.161 e. The Hall–Kier alpha value is -2.82. The van der Waals surface area contributed by atoms with Crippen molar-refractivity contribution in [2.24, 2.45) is 0 Å². The average molecular weight is 309 g/mol. The van der Waals surface area contributed by atoms with E-state index in [0.29, 0.717) is 18.0 Å². The van der Waals surface area contributed by atoms with Gasteiger partial charge in [0.25, 0.3) is 0 Å². The van der Waals surface area contributed by atoms with E-state index in [1.165, 1.54) is 11.1 Å². The molecule has 0 aliphatic heterocycles. The normalized spacial score (nSPS) is 10.6. The summed E-state index contributed by atoms with van der Waals surface area (Å²) in [4.78, 5) is 0. The fraction of sp³-hybridized carbons (Fsp3) is 0.222. The highest BCUT2D eigenvalue weighted by Crippen LogP contribution is 2.34. The smallest absolute Gasteiger partial charge is 0.161 e. The molecule has 2 aromatic carbocycles. The Morgan fingerprint density at radius 3 is 2.57 bits per heavy atom. The van der Waals surface area contributed by atoms with Gasteiger partial charge in [-0.1, -0.05) is 29.8 Å². The molecule has 1 aromatic heterocycles. The fourth-order valence-electron chi connectivity index (χ4n) is 2.55. The van der Waals surface area contributed by atoms with E-state index in [-0.39, 0.29) is 0 Å². The van der Waals surface area contributed by atoms with Crippen molar-refractivity contribution >= 4 is 16.6 Å². The number of aromatic nitrogens is 2. The topological polar surface area (TPSA) is 56.3 Å². The lowest BCUT2D eigenvalue weighted by molar-refractivity contribution is 0.356. The predicted octanol–water partition coefficient (Wildman–Crippen LogP) is 3.57. The first-order valence-electron chi connectivity index (χ1n) is 7.38. The van der Waals surface area contributed by atoms with Crippen molar-refractivity contribution in [1.82, 2.24) is 10.2 Å². The number of methoxy groups -OCH3 is 2. The van der Waals surface area contributed by atoms with Crippen molar-refractivity contribution in [3.63, 3.8) is 0 Å². The number of ether oxygens (including phenoxy) is 2. The number of fused-ring (bicyclic) bond motifs is 1. The third kappa shape index (κ3) is 3.18. The van der Waals surface area contributed by atoms with Gasteiger partial charge in [0, 0.05) is 17.3 Å². The molecule has 0 amide bonds. The Morgan fingerprint density at radius 2 is 1.83 bits per heavy atom. The summed E-state index contributed by atoms with van der Waals surface area (Å²) < 4.78 is 10.7. The molecule has 5 nitrogen and oxygen atoms in total. The number of hydrogen-bond acceptors (Lipinski definition) is 5. The number of rotatable bonds is 5. The lowest BCUT2D eigenvalue weighted by atomic mass is 10.1. The summed E-state index contributed by atoms with van der Waals surface area (Å²) in [6.45, 7) is 2.77. The Balaban J connectivity index is 1.94. The zero-order valence-electron chi connectivity index (χ0n) is 13.5. The number of anilines is 1.